The van der Waals surface area contributed by atoms with Crippen molar-refractivity contribution in [3.8, 4) is 67.5 Å². The lowest BCUT2D eigenvalue weighted by Crippen LogP contribution is -2.02. The fourth-order valence-corrected chi connectivity index (χ4v) is 9.09. The smallest absolute Gasteiger partial charge is 0.167 e. The van der Waals surface area contributed by atoms with E-state index in [0.717, 1.165) is 82.4 Å². The molecule has 12 aromatic rings. The fraction of sp³-hybridized carbons (Fsp3) is 0. The number of rotatable bonds is 6. The predicted octanol–water partition coefficient (Wildman–Crippen LogP) is 15.2. The molecule has 0 bridgehead atoms. The highest BCUT2D eigenvalue weighted by molar-refractivity contribution is 6.11. The number of fused-ring (bicyclic) bond motifs is 6. The molecule has 0 saturated carbocycles. The molecule has 0 aliphatic carbocycles. The summed E-state index contributed by atoms with van der Waals surface area (Å²) in [4.78, 5) is 16.3. The molecule has 12 rings (SSSR count). The Kier molecular flexibility index (Phi) is 8.13. The number of aromatic nitrogens is 3. The zero-order valence-electron chi connectivity index (χ0n) is 33.0. The lowest BCUT2D eigenvalue weighted by atomic mass is 9.90. The quantitative estimate of drug-likeness (QED) is 0.169. The fourth-order valence-electron chi connectivity index (χ4n) is 9.09. The van der Waals surface area contributed by atoms with Crippen molar-refractivity contribution in [3.05, 3.63) is 212 Å². The maximum Gasteiger partial charge on any atom is 0.167 e. The minimum atomic E-state index is 0.546. The Morgan fingerprint density at radius 3 is 1.64 bits per heavy atom. The molecule has 0 saturated heterocycles. The molecule has 0 aliphatic rings. The van der Waals surface area contributed by atoms with E-state index in [0.29, 0.717) is 17.5 Å². The standard InChI is InChI=1S/C57H35N3O/c1-2-15-36(16-3-1)39-20-12-21-40(35-39)42-33-34-50(46-25-9-8-24-44(42)46)55-58-56(51-29-14-28-49-47-26-10-11-30-52(47)61-54(49)51)60-57(59-55)53-43-23-7-5-18-38(43)31-32-48(53)45-27-13-19-37-17-4-6-22-41(37)45/h1-35H. The average Bonchev–Trinajstić information content (AvgIpc) is 3.72. The average molecular weight is 778 g/mol. The van der Waals surface area contributed by atoms with E-state index in [9.17, 15) is 0 Å². The van der Waals surface area contributed by atoms with E-state index in [1.165, 1.54) is 21.9 Å². The maximum atomic E-state index is 6.62. The van der Waals surface area contributed by atoms with Crippen LogP contribution < -0.4 is 0 Å². The van der Waals surface area contributed by atoms with Crippen LogP contribution in [0.15, 0.2) is 217 Å². The number of furan rings is 1. The molecule has 61 heavy (non-hydrogen) atoms. The minimum absolute atomic E-state index is 0.546. The summed E-state index contributed by atoms with van der Waals surface area (Å²) in [5.74, 6) is 1.73. The van der Waals surface area contributed by atoms with Gasteiger partial charge in [0, 0.05) is 21.9 Å². The first-order valence-corrected chi connectivity index (χ1v) is 20.6. The lowest BCUT2D eigenvalue weighted by Gasteiger charge is -2.17. The monoisotopic (exact) mass is 777 g/mol. The summed E-state index contributed by atoms with van der Waals surface area (Å²) in [6, 6.07) is 74.7. The molecule has 0 atom stereocenters. The molecule has 4 nitrogen and oxygen atoms in total. The molecule has 0 radical (unpaired) electrons. The van der Waals surface area contributed by atoms with E-state index in [2.05, 4.69) is 194 Å². The van der Waals surface area contributed by atoms with Gasteiger partial charge < -0.3 is 4.42 Å². The molecule has 0 aliphatic heterocycles. The summed E-state index contributed by atoms with van der Waals surface area (Å²) in [5, 5.41) is 8.77. The predicted molar refractivity (Wildman–Crippen MR) is 252 cm³/mol. The highest BCUT2D eigenvalue weighted by Gasteiger charge is 2.23. The number of nitrogens with zero attached hydrogens (tertiary/aromatic N) is 3. The maximum absolute atomic E-state index is 6.62. The summed E-state index contributed by atoms with van der Waals surface area (Å²) in [5.41, 5.74) is 11.1. The van der Waals surface area contributed by atoms with Gasteiger partial charge in [-0.05, 0) is 90.0 Å². The lowest BCUT2D eigenvalue weighted by molar-refractivity contribution is 0.669. The van der Waals surface area contributed by atoms with E-state index >= 15 is 0 Å². The van der Waals surface area contributed by atoms with Crippen LogP contribution in [-0.2, 0) is 0 Å². The second kappa shape index (κ2) is 14.3. The molecule has 0 fully saturated rings. The van der Waals surface area contributed by atoms with Gasteiger partial charge in [-0.2, -0.15) is 0 Å². The van der Waals surface area contributed by atoms with E-state index in [4.69, 9.17) is 19.4 Å². The van der Waals surface area contributed by atoms with Crippen LogP contribution in [0.3, 0.4) is 0 Å². The first-order valence-electron chi connectivity index (χ1n) is 20.6. The molecule has 2 aromatic heterocycles. The van der Waals surface area contributed by atoms with Gasteiger partial charge in [0.1, 0.15) is 11.2 Å². The van der Waals surface area contributed by atoms with Crippen molar-refractivity contribution in [1.82, 2.24) is 15.0 Å². The Balaban J connectivity index is 1.14. The van der Waals surface area contributed by atoms with Gasteiger partial charge in [0.2, 0.25) is 0 Å². The summed E-state index contributed by atoms with van der Waals surface area (Å²) in [7, 11) is 0. The number of benzene rings is 10. The van der Waals surface area contributed by atoms with Crippen LogP contribution in [0.1, 0.15) is 0 Å². The third-order valence-corrected chi connectivity index (χ3v) is 12.0. The Morgan fingerprint density at radius 1 is 0.279 bits per heavy atom. The van der Waals surface area contributed by atoms with E-state index in [-0.39, 0.29) is 0 Å². The third kappa shape index (κ3) is 5.88. The van der Waals surface area contributed by atoms with Crippen LogP contribution in [0.4, 0.5) is 0 Å². The Morgan fingerprint density at radius 2 is 0.803 bits per heavy atom. The van der Waals surface area contributed by atoms with Crippen molar-refractivity contribution in [3.63, 3.8) is 0 Å². The van der Waals surface area contributed by atoms with Crippen molar-refractivity contribution < 1.29 is 4.42 Å². The summed E-state index contributed by atoms with van der Waals surface area (Å²) in [6.07, 6.45) is 0. The van der Waals surface area contributed by atoms with Crippen LogP contribution in [0.5, 0.6) is 0 Å². The van der Waals surface area contributed by atoms with E-state index < -0.39 is 0 Å². The van der Waals surface area contributed by atoms with Gasteiger partial charge in [-0.25, -0.2) is 15.0 Å². The second-order valence-corrected chi connectivity index (χ2v) is 15.5. The molecule has 0 spiro atoms. The van der Waals surface area contributed by atoms with Crippen molar-refractivity contribution >= 4 is 54.3 Å². The van der Waals surface area contributed by atoms with Crippen LogP contribution in [-0.4, -0.2) is 15.0 Å². The molecule has 0 amide bonds. The van der Waals surface area contributed by atoms with Crippen LogP contribution in [0, 0.1) is 0 Å². The van der Waals surface area contributed by atoms with Gasteiger partial charge in [-0.15, -0.1) is 0 Å². The van der Waals surface area contributed by atoms with E-state index in [1.807, 2.05) is 18.2 Å². The summed E-state index contributed by atoms with van der Waals surface area (Å²) >= 11 is 0. The Hall–Kier alpha value is -8.21. The van der Waals surface area contributed by atoms with Crippen molar-refractivity contribution in [1.29, 1.82) is 0 Å². The molecule has 0 N–H and O–H groups in total. The van der Waals surface area contributed by atoms with Crippen LogP contribution in [0.25, 0.3) is 122 Å². The third-order valence-electron chi connectivity index (χ3n) is 12.0. The number of hydrogen-bond donors (Lipinski definition) is 0. The second-order valence-electron chi connectivity index (χ2n) is 15.5. The molecule has 10 aromatic carbocycles. The van der Waals surface area contributed by atoms with Gasteiger partial charge >= 0.3 is 0 Å². The van der Waals surface area contributed by atoms with Crippen molar-refractivity contribution in [2.45, 2.75) is 0 Å². The van der Waals surface area contributed by atoms with Crippen LogP contribution >= 0.6 is 0 Å². The Labute approximate surface area is 352 Å². The molecule has 2 heterocycles. The summed E-state index contributed by atoms with van der Waals surface area (Å²) < 4.78 is 6.62. The minimum Gasteiger partial charge on any atom is -0.455 e. The van der Waals surface area contributed by atoms with Gasteiger partial charge in [-0.3, -0.25) is 0 Å². The number of para-hydroxylation sites is 2. The zero-order valence-corrected chi connectivity index (χ0v) is 33.0. The molecular formula is C57H35N3O. The van der Waals surface area contributed by atoms with E-state index in [1.54, 1.807) is 0 Å². The van der Waals surface area contributed by atoms with Crippen molar-refractivity contribution in [2.75, 3.05) is 0 Å². The van der Waals surface area contributed by atoms with Gasteiger partial charge in [0.05, 0.1) is 5.56 Å². The zero-order chi connectivity index (χ0) is 40.3. The molecular weight excluding hydrogens is 743 g/mol. The molecule has 0 unspecified atom stereocenters. The topological polar surface area (TPSA) is 51.8 Å². The van der Waals surface area contributed by atoms with Gasteiger partial charge in [0.15, 0.2) is 17.5 Å². The largest absolute Gasteiger partial charge is 0.455 e. The van der Waals surface area contributed by atoms with Crippen molar-refractivity contribution in [2.24, 2.45) is 0 Å². The molecule has 4 heteroatoms. The Bertz CT molecular complexity index is 3660. The highest BCUT2D eigenvalue weighted by Crippen LogP contribution is 2.43. The number of hydrogen-bond acceptors (Lipinski definition) is 4. The normalized spacial score (nSPS) is 11.6. The van der Waals surface area contributed by atoms with Crippen LogP contribution in [0.2, 0.25) is 0 Å². The SMILES string of the molecule is c1ccc(-c2cccc(-c3ccc(-c4nc(-c5c(-c6cccc7ccccc67)ccc6ccccc56)nc(-c5cccc6c5oc5ccccc56)n4)c4ccccc34)c2)cc1. The first kappa shape index (κ1) is 34.8. The summed E-state index contributed by atoms with van der Waals surface area (Å²) in [6.45, 7) is 0. The van der Waals surface area contributed by atoms with Gasteiger partial charge in [0.25, 0.3) is 0 Å². The molecule has 284 valence electrons. The van der Waals surface area contributed by atoms with Gasteiger partial charge in [-0.1, -0.05) is 188 Å². The highest BCUT2D eigenvalue weighted by atomic mass is 16.3. The first-order chi connectivity index (χ1) is 30.2.